The van der Waals surface area contributed by atoms with Crippen molar-refractivity contribution in [2.24, 2.45) is 0 Å². The molecule has 23 heavy (non-hydrogen) atoms. The lowest BCUT2D eigenvalue weighted by Crippen LogP contribution is -2.41. The molecule has 1 aromatic heterocycles. The summed E-state index contributed by atoms with van der Waals surface area (Å²) in [6, 6.07) is 7.05. The number of nitrogens with one attached hydrogen (secondary N) is 1. The zero-order valence-corrected chi connectivity index (χ0v) is 14.6. The van der Waals surface area contributed by atoms with E-state index in [1.165, 1.54) is 29.3 Å². The molecule has 0 amide bonds. The number of benzene rings is 1. The SMILES string of the molecule is CC(C)c1csc(CN2CCCC(Nc3ccc(F)cc3)C2)n1. The van der Waals surface area contributed by atoms with Crippen LogP contribution in [0.15, 0.2) is 29.6 Å². The fourth-order valence-corrected chi connectivity index (χ4v) is 3.95. The largest absolute Gasteiger partial charge is 0.381 e. The lowest BCUT2D eigenvalue weighted by atomic mass is 10.1. The van der Waals surface area contributed by atoms with Crippen LogP contribution in [0.4, 0.5) is 10.1 Å². The maximum absolute atomic E-state index is 13.0. The molecule has 2 aromatic rings. The van der Waals surface area contributed by atoms with E-state index in [2.05, 4.69) is 29.4 Å². The molecule has 0 bridgehead atoms. The van der Waals surface area contributed by atoms with E-state index >= 15 is 0 Å². The third-order valence-electron chi connectivity index (χ3n) is 4.24. The molecule has 1 aliphatic rings. The van der Waals surface area contributed by atoms with E-state index in [1.54, 1.807) is 11.3 Å². The number of rotatable bonds is 5. The molecule has 2 heterocycles. The lowest BCUT2D eigenvalue weighted by Gasteiger charge is -2.33. The summed E-state index contributed by atoms with van der Waals surface area (Å²) in [7, 11) is 0. The van der Waals surface area contributed by atoms with E-state index in [0.717, 1.165) is 31.7 Å². The molecule has 1 saturated heterocycles. The van der Waals surface area contributed by atoms with Gasteiger partial charge in [-0.1, -0.05) is 13.8 Å². The van der Waals surface area contributed by atoms with Gasteiger partial charge in [0.15, 0.2) is 0 Å². The summed E-state index contributed by atoms with van der Waals surface area (Å²) >= 11 is 1.76. The fraction of sp³-hybridized carbons (Fsp3) is 0.500. The van der Waals surface area contributed by atoms with Crippen LogP contribution in [0.1, 0.15) is 43.3 Å². The smallest absolute Gasteiger partial charge is 0.123 e. The minimum atomic E-state index is -0.189. The molecule has 0 saturated carbocycles. The summed E-state index contributed by atoms with van der Waals surface area (Å²) in [6.07, 6.45) is 2.34. The third-order valence-corrected chi connectivity index (χ3v) is 5.09. The minimum Gasteiger partial charge on any atom is -0.381 e. The number of likely N-dealkylation sites (tertiary alicyclic amines) is 1. The van der Waals surface area contributed by atoms with Gasteiger partial charge in [-0.2, -0.15) is 0 Å². The third kappa shape index (κ3) is 4.52. The lowest BCUT2D eigenvalue weighted by molar-refractivity contribution is 0.208. The monoisotopic (exact) mass is 333 g/mol. The summed E-state index contributed by atoms with van der Waals surface area (Å²) in [4.78, 5) is 7.20. The van der Waals surface area contributed by atoms with Crippen LogP contribution in [0.2, 0.25) is 0 Å². The Morgan fingerprint density at radius 2 is 2.13 bits per heavy atom. The van der Waals surface area contributed by atoms with Crippen LogP contribution in [-0.4, -0.2) is 29.0 Å². The van der Waals surface area contributed by atoms with Crippen LogP contribution in [0.3, 0.4) is 0 Å². The first-order chi connectivity index (χ1) is 11.1. The predicted molar refractivity (Wildman–Crippen MR) is 94.5 cm³/mol. The maximum Gasteiger partial charge on any atom is 0.123 e. The number of hydrogen-bond donors (Lipinski definition) is 1. The Labute approximate surface area is 141 Å². The van der Waals surface area contributed by atoms with E-state index in [4.69, 9.17) is 4.98 Å². The van der Waals surface area contributed by atoms with Gasteiger partial charge < -0.3 is 5.32 Å². The van der Waals surface area contributed by atoms with Crippen molar-refractivity contribution in [2.75, 3.05) is 18.4 Å². The highest BCUT2D eigenvalue weighted by atomic mass is 32.1. The topological polar surface area (TPSA) is 28.2 Å². The van der Waals surface area contributed by atoms with Crippen molar-refractivity contribution in [3.63, 3.8) is 0 Å². The highest BCUT2D eigenvalue weighted by Gasteiger charge is 2.21. The average molecular weight is 333 g/mol. The number of thiazole rings is 1. The Kier molecular flexibility index (Phi) is 5.28. The second-order valence-electron chi connectivity index (χ2n) is 6.55. The van der Waals surface area contributed by atoms with Crippen molar-refractivity contribution in [1.82, 2.24) is 9.88 Å². The molecular formula is C18H24FN3S. The summed E-state index contributed by atoms with van der Waals surface area (Å²) in [5.41, 5.74) is 2.19. The van der Waals surface area contributed by atoms with Gasteiger partial charge >= 0.3 is 0 Å². The Bertz CT molecular complexity index is 623. The zero-order valence-electron chi connectivity index (χ0n) is 13.8. The van der Waals surface area contributed by atoms with Crippen LogP contribution in [0.5, 0.6) is 0 Å². The zero-order chi connectivity index (χ0) is 16.2. The molecular weight excluding hydrogens is 309 g/mol. The van der Waals surface area contributed by atoms with Gasteiger partial charge in [0.2, 0.25) is 0 Å². The maximum atomic E-state index is 13.0. The molecule has 5 heteroatoms. The van der Waals surface area contributed by atoms with Crippen LogP contribution < -0.4 is 5.32 Å². The average Bonchev–Trinajstić information content (AvgIpc) is 2.99. The standard InChI is InChI=1S/C18H24FN3S/c1-13(2)17-12-23-18(21-17)11-22-9-3-4-16(10-22)20-15-7-5-14(19)6-8-15/h5-8,12-13,16,20H,3-4,9-11H2,1-2H3. The molecule has 1 aromatic carbocycles. The van der Waals surface area contributed by atoms with Gasteiger partial charge in [0.1, 0.15) is 10.8 Å². The van der Waals surface area contributed by atoms with Crippen molar-refractivity contribution in [3.05, 3.63) is 46.2 Å². The second kappa shape index (κ2) is 7.41. The molecule has 1 N–H and O–H groups in total. The van der Waals surface area contributed by atoms with Crippen molar-refractivity contribution < 1.29 is 4.39 Å². The summed E-state index contributed by atoms with van der Waals surface area (Å²) in [5.74, 6) is 0.305. The van der Waals surface area contributed by atoms with Gasteiger partial charge in [-0.15, -0.1) is 11.3 Å². The molecule has 0 aliphatic carbocycles. The van der Waals surface area contributed by atoms with Crippen LogP contribution in [-0.2, 0) is 6.54 Å². The molecule has 124 valence electrons. The minimum absolute atomic E-state index is 0.189. The van der Waals surface area contributed by atoms with Crippen LogP contribution in [0.25, 0.3) is 0 Å². The molecule has 1 atom stereocenters. The van der Waals surface area contributed by atoms with Crippen molar-refractivity contribution in [1.29, 1.82) is 0 Å². The highest BCUT2D eigenvalue weighted by molar-refractivity contribution is 7.09. The number of hydrogen-bond acceptors (Lipinski definition) is 4. The number of piperidine rings is 1. The molecule has 0 radical (unpaired) electrons. The van der Waals surface area contributed by atoms with Gasteiger partial charge in [-0.3, -0.25) is 4.90 Å². The predicted octanol–water partition coefficient (Wildman–Crippen LogP) is 4.48. The molecule has 3 rings (SSSR count). The summed E-state index contributed by atoms with van der Waals surface area (Å²) in [5, 5.41) is 6.91. The van der Waals surface area contributed by atoms with Gasteiger partial charge in [-0.05, 0) is 49.6 Å². The first-order valence-electron chi connectivity index (χ1n) is 8.29. The van der Waals surface area contributed by atoms with Crippen LogP contribution >= 0.6 is 11.3 Å². The first-order valence-corrected chi connectivity index (χ1v) is 9.17. The Hall–Kier alpha value is -1.46. The van der Waals surface area contributed by atoms with E-state index in [-0.39, 0.29) is 5.82 Å². The van der Waals surface area contributed by atoms with Crippen molar-refractivity contribution in [3.8, 4) is 0 Å². The number of aromatic nitrogens is 1. The summed E-state index contributed by atoms with van der Waals surface area (Å²) < 4.78 is 13.0. The van der Waals surface area contributed by atoms with Gasteiger partial charge in [0.05, 0.1) is 12.2 Å². The van der Waals surface area contributed by atoms with Gasteiger partial charge in [0, 0.05) is 23.7 Å². The number of halogens is 1. The molecule has 3 nitrogen and oxygen atoms in total. The number of nitrogens with zero attached hydrogens (tertiary/aromatic N) is 2. The van der Waals surface area contributed by atoms with Crippen LogP contribution in [0, 0.1) is 5.82 Å². The van der Waals surface area contributed by atoms with E-state index in [0.29, 0.717) is 12.0 Å². The first kappa shape index (κ1) is 16.4. The van der Waals surface area contributed by atoms with E-state index in [9.17, 15) is 4.39 Å². The molecule has 1 unspecified atom stereocenters. The normalized spacial score (nSPS) is 19.2. The van der Waals surface area contributed by atoms with Crippen molar-refractivity contribution >= 4 is 17.0 Å². The molecule has 1 fully saturated rings. The van der Waals surface area contributed by atoms with Gasteiger partial charge in [0.25, 0.3) is 0 Å². The Morgan fingerprint density at radius 3 is 2.83 bits per heavy atom. The van der Waals surface area contributed by atoms with Gasteiger partial charge in [-0.25, -0.2) is 9.37 Å². The Balaban J connectivity index is 1.56. The quantitative estimate of drug-likeness (QED) is 0.874. The Morgan fingerprint density at radius 1 is 1.35 bits per heavy atom. The molecule has 1 aliphatic heterocycles. The highest BCUT2D eigenvalue weighted by Crippen LogP contribution is 2.22. The molecule has 0 spiro atoms. The fourth-order valence-electron chi connectivity index (χ4n) is 2.95. The van der Waals surface area contributed by atoms with E-state index < -0.39 is 0 Å². The number of anilines is 1. The summed E-state index contributed by atoms with van der Waals surface area (Å²) in [6.45, 7) is 7.43. The van der Waals surface area contributed by atoms with Crippen molar-refractivity contribution in [2.45, 2.75) is 45.2 Å². The second-order valence-corrected chi connectivity index (χ2v) is 7.49. The van der Waals surface area contributed by atoms with E-state index in [1.807, 2.05) is 12.1 Å².